The van der Waals surface area contributed by atoms with Gasteiger partial charge in [0, 0.05) is 17.0 Å². The molecule has 3 aromatic rings. The van der Waals surface area contributed by atoms with Gasteiger partial charge in [0.15, 0.2) is 0 Å². The summed E-state index contributed by atoms with van der Waals surface area (Å²) in [6.45, 7) is 2.12. The summed E-state index contributed by atoms with van der Waals surface area (Å²) in [5.74, 6) is 0. The summed E-state index contributed by atoms with van der Waals surface area (Å²) >= 11 is 3.17. The molecular weight excluding hydrogens is 250 g/mol. The standard InChI is InChI=1S/C12H11N3S2/c1-8(11-13-6-7-16-11)14-12-9-4-2-3-5-10(9)15-17-12/h2-8,14H,1H3. The van der Waals surface area contributed by atoms with Crippen LogP contribution in [0, 0.1) is 0 Å². The van der Waals surface area contributed by atoms with Gasteiger partial charge in [-0.15, -0.1) is 11.3 Å². The SMILES string of the molecule is CC(Nc1snc2ccccc12)c1nccs1. The number of fused-ring (bicyclic) bond motifs is 1. The molecule has 0 aliphatic carbocycles. The van der Waals surface area contributed by atoms with E-state index in [9.17, 15) is 0 Å². The van der Waals surface area contributed by atoms with Crippen LogP contribution in [0.1, 0.15) is 18.0 Å². The van der Waals surface area contributed by atoms with E-state index in [0.717, 1.165) is 15.5 Å². The molecule has 0 aliphatic heterocycles. The van der Waals surface area contributed by atoms with E-state index in [-0.39, 0.29) is 6.04 Å². The second-order valence-electron chi connectivity index (χ2n) is 3.77. The van der Waals surface area contributed by atoms with Crippen LogP contribution in [0.15, 0.2) is 35.8 Å². The van der Waals surface area contributed by atoms with Crippen LogP contribution in [0.4, 0.5) is 5.00 Å². The lowest BCUT2D eigenvalue weighted by molar-refractivity contribution is 0.875. The van der Waals surface area contributed by atoms with Gasteiger partial charge in [-0.1, -0.05) is 12.1 Å². The minimum Gasteiger partial charge on any atom is -0.366 e. The van der Waals surface area contributed by atoms with Gasteiger partial charge in [0.1, 0.15) is 10.0 Å². The van der Waals surface area contributed by atoms with E-state index in [0.29, 0.717) is 0 Å². The van der Waals surface area contributed by atoms with Crippen molar-refractivity contribution in [2.45, 2.75) is 13.0 Å². The monoisotopic (exact) mass is 261 g/mol. The first-order chi connectivity index (χ1) is 8.34. The lowest BCUT2D eigenvalue weighted by Gasteiger charge is -2.10. The van der Waals surface area contributed by atoms with Gasteiger partial charge in [0.2, 0.25) is 0 Å². The average molecular weight is 261 g/mol. The first-order valence-electron chi connectivity index (χ1n) is 5.35. The predicted octanol–water partition coefficient (Wildman–Crippen LogP) is 3.93. The topological polar surface area (TPSA) is 37.8 Å². The molecule has 0 amide bonds. The Labute approximate surface area is 107 Å². The normalized spacial score (nSPS) is 12.8. The highest BCUT2D eigenvalue weighted by atomic mass is 32.1. The maximum atomic E-state index is 4.42. The van der Waals surface area contributed by atoms with E-state index in [4.69, 9.17) is 0 Å². The molecule has 2 aromatic heterocycles. The van der Waals surface area contributed by atoms with Gasteiger partial charge in [-0.2, -0.15) is 4.37 Å². The summed E-state index contributed by atoms with van der Waals surface area (Å²) in [7, 11) is 0. The molecule has 0 radical (unpaired) electrons. The summed E-state index contributed by atoms with van der Waals surface area (Å²) in [6.07, 6.45) is 1.84. The van der Waals surface area contributed by atoms with E-state index < -0.39 is 0 Å². The number of anilines is 1. The fourth-order valence-electron chi connectivity index (χ4n) is 1.70. The summed E-state index contributed by atoms with van der Waals surface area (Å²) < 4.78 is 4.42. The van der Waals surface area contributed by atoms with E-state index >= 15 is 0 Å². The van der Waals surface area contributed by atoms with Crippen LogP contribution in [0.5, 0.6) is 0 Å². The zero-order chi connectivity index (χ0) is 11.7. The lowest BCUT2D eigenvalue weighted by atomic mass is 10.2. The van der Waals surface area contributed by atoms with Crippen molar-refractivity contribution in [3.63, 3.8) is 0 Å². The molecule has 3 nitrogen and oxygen atoms in total. The van der Waals surface area contributed by atoms with Crippen LogP contribution in [-0.2, 0) is 0 Å². The fraction of sp³-hybridized carbons (Fsp3) is 0.167. The number of nitrogens with zero attached hydrogens (tertiary/aromatic N) is 2. The first kappa shape index (κ1) is 10.7. The molecule has 5 heteroatoms. The highest BCUT2D eigenvalue weighted by molar-refractivity contribution is 7.12. The number of aromatic nitrogens is 2. The first-order valence-corrected chi connectivity index (χ1v) is 7.00. The Kier molecular flexibility index (Phi) is 2.78. The molecular formula is C12H11N3S2. The largest absolute Gasteiger partial charge is 0.366 e. The van der Waals surface area contributed by atoms with Crippen LogP contribution >= 0.6 is 22.9 Å². The van der Waals surface area contributed by atoms with Crippen LogP contribution in [-0.4, -0.2) is 9.36 Å². The molecule has 1 N–H and O–H groups in total. The smallest absolute Gasteiger partial charge is 0.117 e. The second-order valence-corrected chi connectivity index (χ2v) is 5.46. The van der Waals surface area contributed by atoms with Crippen LogP contribution in [0.25, 0.3) is 10.9 Å². The minimum atomic E-state index is 0.221. The number of hydrogen-bond acceptors (Lipinski definition) is 5. The van der Waals surface area contributed by atoms with Crippen LogP contribution in [0.3, 0.4) is 0 Å². The van der Waals surface area contributed by atoms with E-state index in [1.807, 2.05) is 29.8 Å². The average Bonchev–Trinajstić information content (AvgIpc) is 2.98. The van der Waals surface area contributed by atoms with Gasteiger partial charge in [-0.05, 0) is 30.6 Å². The number of benzene rings is 1. The third-order valence-corrected chi connectivity index (χ3v) is 4.32. The van der Waals surface area contributed by atoms with Crippen molar-refractivity contribution in [2.24, 2.45) is 0 Å². The third-order valence-electron chi connectivity index (χ3n) is 2.55. The Morgan fingerprint density at radius 3 is 3.00 bits per heavy atom. The molecule has 2 heterocycles. The number of thiazole rings is 1. The summed E-state index contributed by atoms with van der Waals surface area (Å²) in [6, 6.07) is 8.39. The van der Waals surface area contributed by atoms with Crippen LogP contribution in [0.2, 0.25) is 0 Å². The molecule has 0 fully saturated rings. The Bertz CT molecular complexity index is 616. The van der Waals surface area contributed by atoms with Crippen molar-refractivity contribution in [1.29, 1.82) is 0 Å². The molecule has 0 spiro atoms. The molecule has 1 atom stereocenters. The Balaban J connectivity index is 1.90. The molecule has 86 valence electrons. The van der Waals surface area contributed by atoms with Crippen molar-refractivity contribution < 1.29 is 0 Å². The third kappa shape index (κ3) is 2.03. The zero-order valence-electron chi connectivity index (χ0n) is 9.25. The highest BCUT2D eigenvalue weighted by Crippen LogP contribution is 2.30. The molecule has 0 aliphatic rings. The Morgan fingerprint density at radius 2 is 2.18 bits per heavy atom. The van der Waals surface area contributed by atoms with Crippen molar-refractivity contribution in [3.8, 4) is 0 Å². The van der Waals surface area contributed by atoms with Crippen molar-refractivity contribution in [2.75, 3.05) is 5.32 Å². The minimum absolute atomic E-state index is 0.221. The number of nitrogens with one attached hydrogen (secondary N) is 1. The maximum Gasteiger partial charge on any atom is 0.117 e. The molecule has 0 bridgehead atoms. The molecule has 0 saturated heterocycles. The maximum absolute atomic E-state index is 4.42. The number of rotatable bonds is 3. The van der Waals surface area contributed by atoms with Gasteiger partial charge < -0.3 is 5.32 Å². The molecule has 1 unspecified atom stereocenters. The predicted molar refractivity (Wildman–Crippen MR) is 73.8 cm³/mol. The second kappa shape index (κ2) is 4.43. The van der Waals surface area contributed by atoms with Crippen molar-refractivity contribution >= 4 is 38.8 Å². The molecule has 1 aromatic carbocycles. The van der Waals surface area contributed by atoms with Crippen molar-refractivity contribution in [1.82, 2.24) is 9.36 Å². The van der Waals surface area contributed by atoms with Gasteiger partial charge in [0.05, 0.1) is 11.6 Å². The van der Waals surface area contributed by atoms with Crippen LogP contribution < -0.4 is 5.32 Å². The molecule has 0 saturated carbocycles. The summed E-state index contributed by atoms with van der Waals surface area (Å²) in [5.41, 5.74) is 1.05. The van der Waals surface area contributed by atoms with Crippen molar-refractivity contribution in [3.05, 3.63) is 40.8 Å². The van der Waals surface area contributed by atoms with E-state index in [1.165, 1.54) is 16.9 Å². The van der Waals surface area contributed by atoms with E-state index in [1.54, 1.807) is 11.3 Å². The fourth-order valence-corrected chi connectivity index (χ4v) is 3.20. The Morgan fingerprint density at radius 1 is 1.29 bits per heavy atom. The summed E-state index contributed by atoms with van der Waals surface area (Å²) in [4.78, 5) is 4.32. The lowest BCUT2D eigenvalue weighted by Crippen LogP contribution is -2.04. The van der Waals surface area contributed by atoms with Gasteiger partial charge in [-0.25, -0.2) is 4.98 Å². The van der Waals surface area contributed by atoms with Gasteiger partial charge in [0.25, 0.3) is 0 Å². The van der Waals surface area contributed by atoms with Gasteiger partial charge >= 0.3 is 0 Å². The Hall–Kier alpha value is -1.46. The molecule has 17 heavy (non-hydrogen) atoms. The van der Waals surface area contributed by atoms with E-state index in [2.05, 4.69) is 27.7 Å². The number of hydrogen-bond donors (Lipinski definition) is 1. The quantitative estimate of drug-likeness (QED) is 0.776. The zero-order valence-corrected chi connectivity index (χ0v) is 10.9. The highest BCUT2D eigenvalue weighted by Gasteiger charge is 2.11. The molecule has 3 rings (SSSR count). The summed E-state index contributed by atoms with van der Waals surface area (Å²) in [5, 5.41) is 8.86. The van der Waals surface area contributed by atoms with Gasteiger partial charge in [-0.3, -0.25) is 0 Å².